The van der Waals surface area contributed by atoms with Crippen LogP contribution in [0.4, 0.5) is 0 Å². The summed E-state index contributed by atoms with van der Waals surface area (Å²) in [5.74, 6) is 0.236. The summed E-state index contributed by atoms with van der Waals surface area (Å²) in [5, 5.41) is 0. The monoisotopic (exact) mass is 287 g/mol. The Morgan fingerprint density at radius 2 is 1.76 bits per heavy atom. The lowest BCUT2D eigenvalue weighted by molar-refractivity contribution is 0.0518. The van der Waals surface area contributed by atoms with Crippen molar-refractivity contribution < 1.29 is 14.0 Å². The van der Waals surface area contributed by atoms with Crippen LogP contribution in [-0.4, -0.2) is 52.8 Å². The number of rotatable bonds is 2. The average Bonchev–Trinajstić information content (AvgIpc) is 3.17. The molecule has 6 heteroatoms. The number of carbonyl (C=O) groups excluding carboxylic acids is 2. The number of nitrogens with one attached hydrogen (secondary N) is 1. The molecule has 1 aliphatic rings. The number of furan rings is 1. The van der Waals surface area contributed by atoms with Crippen molar-refractivity contribution in [1.82, 2.24) is 14.8 Å². The third-order valence-electron chi connectivity index (χ3n) is 3.77. The maximum atomic E-state index is 12.4. The van der Waals surface area contributed by atoms with Crippen LogP contribution in [0.5, 0.6) is 0 Å². The van der Waals surface area contributed by atoms with E-state index in [9.17, 15) is 9.59 Å². The average molecular weight is 287 g/mol. The Kier molecular flexibility index (Phi) is 3.51. The molecule has 2 amide bonds. The fourth-order valence-electron chi connectivity index (χ4n) is 2.52. The van der Waals surface area contributed by atoms with Gasteiger partial charge in [-0.1, -0.05) is 0 Å². The Labute approximate surface area is 122 Å². The minimum Gasteiger partial charge on any atom is -0.459 e. The van der Waals surface area contributed by atoms with Crippen molar-refractivity contribution in [3.63, 3.8) is 0 Å². The molecule has 2 aromatic heterocycles. The second-order valence-corrected chi connectivity index (χ2v) is 5.08. The van der Waals surface area contributed by atoms with E-state index in [-0.39, 0.29) is 11.8 Å². The second kappa shape index (κ2) is 5.47. The lowest BCUT2D eigenvalue weighted by Crippen LogP contribution is -2.50. The van der Waals surface area contributed by atoms with E-state index in [1.165, 1.54) is 6.26 Å². The molecule has 1 fully saturated rings. The van der Waals surface area contributed by atoms with Crippen LogP contribution in [0.2, 0.25) is 0 Å². The van der Waals surface area contributed by atoms with Gasteiger partial charge in [-0.2, -0.15) is 0 Å². The fourth-order valence-corrected chi connectivity index (χ4v) is 2.52. The van der Waals surface area contributed by atoms with E-state index in [0.717, 1.165) is 5.69 Å². The molecule has 110 valence electrons. The Hall–Kier alpha value is -2.50. The highest BCUT2D eigenvalue weighted by molar-refractivity contribution is 5.96. The number of hydrogen-bond donors (Lipinski definition) is 1. The highest BCUT2D eigenvalue weighted by Gasteiger charge is 2.27. The first-order valence-electron chi connectivity index (χ1n) is 6.93. The fraction of sp³-hybridized carbons (Fsp3) is 0.333. The summed E-state index contributed by atoms with van der Waals surface area (Å²) in [6, 6.07) is 5.14. The van der Waals surface area contributed by atoms with Crippen LogP contribution in [0.1, 0.15) is 26.6 Å². The minimum absolute atomic E-state index is 0.0128. The number of aryl methyl sites for hydroxylation is 1. The van der Waals surface area contributed by atoms with Crippen molar-refractivity contribution in [2.24, 2.45) is 0 Å². The number of hydrogen-bond acceptors (Lipinski definition) is 3. The molecule has 0 radical (unpaired) electrons. The van der Waals surface area contributed by atoms with Gasteiger partial charge in [0, 0.05) is 38.1 Å². The van der Waals surface area contributed by atoms with E-state index < -0.39 is 0 Å². The van der Waals surface area contributed by atoms with Gasteiger partial charge in [-0.15, -0.1) is 0 Å². The quantitative estimate of drug-likeness (QED) is 0.910. The normalized spacial score (nSPS) is 15.3. The van der Waals surface area contributed by atoms with E-state index in [2.05, 4.69) is 4.98 Å². The van der Waals surface area contributed by atoms with E-state index in [1.54, 1.807) is 34.2 Å². The molecule has 0 unspecified atom stereocenters. The summed E-state index contributed by atoms with van der Waals surface area (Å²) in [5.41, 5.74) is 1.56. The van der Waals surface area contributed by atoms with Crippen LogP contribution < -0.4 is 0 Å². The molecule has 2 aromatic rings. The second-order valence-electron chi connectivity index (χ2n) is 5.08. The van der Waals surface area contributed by atoms with E-state index in [0.29, 0.717) is 37.5 Å². The number of amides is 2. The van der Waals surface area contributed by atoms with Gasteiger partial charge >= 0.3 is 0 Å². The molecule has 0 spiro atoms. The van der Waals surface area contributed by atoms with Crippen molar-refractivity contribution in [3.05, 3.63) is 47.7 Å². The lowest BCUT2D eigenvalue weighted by Gasteiger charge is -2.34. The zero-order valence-corrected chi connectivity index (χ0v) is 11.8. The Balaban J connectivity index is 1.62. The molecule has 0 aromatic carbocycles. The highest BCUT2D eigenvalue weighted by Crippen LogP contribution is 2.13. The Morgan fingerprint density at radius 3 is 2.29 bits per heavy atom. The van der Waals surface area contributed by atoms with Crippen LogP contribution >= 0.6 is 0 Å². The molecule has 6 nitrogen and oxygen atoms in total. The van der Waals surface area contributed by atoms with Crippen LogP contribution in [-0.2, 0) is 0 Å². The predicted octanol–water partition coefficient (Wildman–Crippen LogP) is 1.51. The lowest BCUT2D eigenvalue weighted by atomic mass is 10.2. The highest BCUT2D eigenvalue weighted by atomic mass is 16.3. The SMILES string of the molecule is Cc1[nH]ccc1C(=O)N1CCN(C(=O)c2ccco2)CC1. The topological polar surface area (TPSA) is 69.6 Å². The minimum atomic E-state index is -0.120. The van der Waals surface area contributed by atoms with Crippen LogP contribution in [0.15, 0.2) is 35.1 Å². The number of aromatic nitrogens is 1. The molecule has 3 rings (SSSR count). The number of H-pyrrole nitrogens is 1. The number of nitrogens with zero attached hydrogens (tertiary/aromatic N) is 2. The van der Waals surface area contributed by atoms with Crippen LogP contribution in [0, 0.1) is 6.92 Å². The maximum absolute atomic E-state index is 12.4. The molecule has 0 aliphatic carbocycles. The summed E-state index contributed by atoms with van der Waals surface area (Å²) in [6.07, 6.45) is 3.25. The molecule has 21 heavy (non-hydrogen) atoms. The molecular weight excluding hydrogens is 270 g/mol. The first kappa shape index (κ1) is 13.5. The standard InChI is InChI=1S/C15H17N3O3/c1-11-12(4-5-16-11)14(19)17-6-8-18(9-7-17)15(20)13-3-2-10-21-13/h2-5,10,16H,6-9H2,1H3. The van der Waals surface area contributed by atoms with E-state index in [1.807, 2.05) is 6.92 Å². The largest absolute Gasteiger partial charge is 0.459 e. The van der Waals surface area contributed by atoms with Crippen molar-refractivity contribution in [3.8, 4) is 0 Å². The van der Waals surface area contributed by atoms with Crippen molar-refractivity contribution >= 4 is 11.8 Å². The zero-order chi connectivity index (χ0) is 14.8. The third kappa shape index (κ3) is 2.56. The van der Waals surface area contributed by atoms with Crippen LogP contribution in [0.25, 0.3) is 0 Å². The summed E-state index contributed by atoms with van der Waals surface area (Å²) >= 11 is 0. The van der Waals surface area contributed by atoms with Gasteiger partial charge in [0.1, 0.15) is 0 Å². The molecule has 1 N–H and O–H groups in total. The van der Waals surface area contributed by atoms with Crippen molar-refractivity contribution in [2.45, 2.75) is 6.92 Å². The summed E-state index contributed by atoms with van der Waals surface area (Å²) in [7, 11) is 0. The molecule has 0 saturated carbocycles. The number of carbonyl (C=O) groups is 2. The number of aromatic amines is 1. The zero-order valence-electron chi connectivity index (χ0n) is 11.8. The first-order valence-corrected chi connectivity index (χ1v) is 6.93. The first-order chi connectivity index (χ1) is 10.2. The van der Waals surface area contributed by atoms with Gasteiger partial charge in [-0.3, -0.25) is 9.59 Å². The van der Waals surface area contributed by atoms with E-state index in [4.69, 9.17) is 4.42 Å². The molecule has 0 bridgehead atoms. The van der Waals surface area contributed by atoms with Crippen molar-refractivity contribution in [1.29, 1.82) is 0 Å². The van der Waals surface area contributed by atoms with E-state index >= 15 is 0 Å². The van der Waals surface area contributed by atoms with Gasteiger partial charge in [-0.05, 0) is 25.1 Å². The van der Waals surface area contributed by atoms with Crippen LogP contribution in [0.3, 0.4) is 0 Å². The predicted molar refractivity (Wildman–Crippen MR) is 76.0 cm³/mol. The van der Waals surface area contributed by atoms with Gasteiger partial charge in [0.05, 0.1) is 11.8 Å². The molecule has 0 atom stereocenters. The summed E-state index contributed by atoms with van der Waals surface area (Å²) < 4.78 is 5.12. The molecule has 1 saturated heterocycles. The molecular formula is C15H17N3O3. The maximum Gasteiger partial charge on any atom is 0.289 e. The van der Waals surface area contributed by atoms with Crippen molar-refractivity contribution in [2.75, 3.05) is 26.2 Å². The smallest absolute Gasteiger partial charge is 0.289 e. The Morgan fingerprint density at radius 1 is 1.10 bits per heavy atom. The van der Waals surface area contributed by atoms with Gasteiger partial charge in [-0.25, -0.2) is 0 Å². The summed E-state index contributed by atoms with van der Waals surface area (Å²) in [6.45, 7) is 4.00. The van der Waals surface area contributed by atoms with Gasteiger partial charge in [0.2, 0.25) is 0 Å². The third-order valence-corrected chi connectivity index (χ3v) is 3.77. The van der Waals surface area contributed by atoms with Gasteiger partial charge in [0.15, 0.2) is 5.76 Å². The number of piperazine rings is 1. The van der Waals surface area contributed by atoms with Gasteiger partial charge in [0.25, 0.3) is 11.8 Å². The molecule has 3 heterocycles. The summed E-state index contributed by atoms with van der Waals surface area (Å²) in [4.78, 5) is 31.0. The molecule has 1 aliphatic heterocycles. The Bertz CT molecular complexity index is 637. The van der Waals surface area contributed by atoms with Gasteiger partial charge < -0.3 is 19.2 Å².